The van der Waals surface area contributed by atoms with Gasteiger partial charge in [-0.2, -0.15) is 0 Å². The monoisotopic (exact) mass is 576 g/mol. The molecule has 3 heterocycles. The van der Waals surface area contributed by atoms with Gasteiger partial charge in [-0.3, -0.25) is 14.4 Å². The molecular weight excluding hydrogens is 551 g/mol. The fraction of sp³-hybridized carbons (Fsp3) is 0.258. The van der Waals surface area contributed by atoms with Crippen LogP contribution in [-0.4, -0.2) is 36.0 Å². The molecule has 4 aromatic rings. The van der Waals surface area contributed by atoms with Crippen molar-refractivity contribution < 1.29 is 18.7 Å². The molecule has 6 rings (SSSR count). The zero-order valence-corrected chi connectivity index (χ0v) is 23.5. The molecule has 3 aromatic carbocycles. The Bertz CT molecular complexity index is 1730. The Morgan fingerprint density at radius 3 is 2.50 bits per heavy atom. The van der Waals surface area contributed by atoms with Crippen molar-refractivity contribution in [2.45, 2.75) is 38.5 Å². The Hall–Kier alpha value is -3.65. The second-order valence-electron chi connectivity index (χ2n) is 10.2. The van der Waals surface area contributed by atoms with Gasteiger partial charge in [-0.15, -0.1) is 0 Å². The molecule has 0 N–H and O–H groups in total. The number of carbonyl (C=O) groups is 2. The number of hydrogen-bond acceptors (Lipinski definition) is 5. The van der Waals surface area contributed by atoms with E-state index in [2.05, 4.69) is 0 Å². The number of halogens is 2. The lowest BCUT2D eigenvalue weighted by Gasteiger charge is -2.34. The number of nitrogens with zero attached hydrogens (tertiary/aromatic N) is 2. The summed E-state index contributed by atoms with van der Waals surface area (Å²) in [5.41, 5.74) is -0.0535. The molecule has 0 aliphatic carbocycles. The number of carbonyl (C=O) groups excluding carboxylic acids is 2. The van der Waals surface area contributed by atoms with Crippen LogP contribution in [0.15, 0.2) is 75.9 Å². The Morgan fingerprint density at radius 2 is 1.73 bits per heavy atom. The van der Waals surface area contributed by atoms with Gasteiger partial charge < -0.3 is 19.0 Å². The summed E-state index contributed by atoms with van der Waals surface area (Å²) in [6, 6.07) is 19.2. The molecule has 204 valence electrons. The maximum absolute atomic E-state index is 14.8. The molecule has 40 heavy (non-hydrogen) atoms. The van der Waals surface area contributed by atoms with Gasteiger partial charge in [0.15, 0.2) is 11.0 Å². The minimum atomic E-state index is -1.71. The van der Waals surface area contributed by atoms with E-state index in [1.54, 1.807) is 35.2 Å². The van der Waals surface area contributed by atoms with E-state index in [9.17, 15) is 14.4 Å². The van der Waals surface area contributed by atoms with Crippen LogP contribution in [0.5, 0.6) is 0 Å². The van der Waals surface area contributed by atoms with E-state index < -0.39 is 22.8 Å². The molecule has 1 aromatic heterocycles. The molecule has 0 saturated carbocycles. The summed E-state index contributed by atoms with van der Waals surface area (Å²) in [6.45, 7) is 4.58. The lowest BCUT2D eigenvalue weighted by Crippen LogP contribution is -2.53. The van der Waals surface area contributed by atoms with Crippen LogP contribution in [-0.2, 0) is 21.6 Å². The van der Waals surface area contributed by atoms with Crippen molar-refractivity contribution in [3.63, 3.8) is 0 Å². The second-order valence-corrected chi connectivity index (χ2v) is 11.1. The molecule has 2 amide bonds. The highest BCUT2D eigenvalue weighted by Crippen LogP contribution is 2.53. The van der Waals surface area contributed by atoms with Gasteiger partial charge in [0.2, 0.25) is 5.76 Å². The normalized spacial score (nSPS) is 17.9. The number of para-hydroxylation sites is 1. The number of benzene rings is 3. The summed E-state index contributed by atoms with van der Waals surface area (Å²) in [6.07, 6.45) is 0.470. The van der Waals surface area contributed by atoms with E-state index in [-0.39, 0.29) is 41.5 Å². The largest absolute Gasteiger partial charge is 0.450 e. The maximum Gasteiger partial charge on any atom is 0.291 e. The van der Waals surface area contributed by atoms with Crippen molar-refractivity contribution in [1.82, 2.24) is 4.90 Å². The Balaban J connectivity index is 1.58. The van der Waals surface area contributed by atoms with Crippen LogP contribution in [0.1, 0.15) is 47.5 Å². The quantitative estimate of drug-likeness (QED) is 0.246. The molecule has 1 unspecified atom stereocenters. The molecule has 0 fully saturated rings. The van der Waals surface area contributed by atoms with E-state index >= 15 is 0 Å². The zero-order valence-electron chi connectivity index (χ0n) is 21.9. The van der Waals surface area contributed by atoms with Gasteiger partial charge in [-0.05, 0) is 56.2 Å². The number of fused-ring (bicyclic) bond motifs is 5. The molecule has 2 aliphatic rings. The highest BCUT2D eigenvalue weighted by atomic mass is 35.5. The smallest absolute Gasteiger partial charge is 0.291 e. The number of rotatable bonds is 7. The van der Waals surface area contributed by atoms with Crippen LogP contribution in [0.2, 0.25) is 10.0 Å². The standard InChI is InChI=1S/C31H26Cl2N2O5/c1-18(2)39-15-7-14-35-29(37)28-26(27(36)21-16-20(32)12-13-25(21)40-28)31(35)22-9-4-6-11-24(22)34(30(31)38)17-19-8-3-5-10-23(19)33/h3-6,8-13,16,18H,7,14-15,17H2,1-2H3. The molecule has 0 bridgehead atoms. The highest BCUT2D eigenvalue weighted by Gasteiger charge is 2.64. The zero-order chi connectivity index (χ0) is 28.2. The number of anilines is 1. The molecule has 0 radical (unpaired) electrons. The molecular formula is C31H26Cl2N2O5. The van der Waals surface area contributed by atoms with Crippen LogP contribution in [0, 0.1) is 0 Å². The summed E-state index contributed by atoms with van der Waals surface area (Å²) in [5.74, 6) is -1.07. The predicted octanol–water partition coefficient (Wildman–Crippen LogP) is 6.16. The third kappa shape index (κ3) is 3.95. The molecule has 9 heteroatoms. The Kier molecular flexibility index (Phi) is 6.69. The average Bonchev–Trinajstić information content (AvgIpc) is 3.32. The van der Waals surface area contributed by atoms with E-state index in [1.165, 1.54) is 11.0 Å². The summed E-state index contributed by atoms with van der Waals surface area (Å²) >= 11 is 12.7. The van der Waals surface area contributed by atoms with Gasteiger partial charge in [0.25, 0.3) is 11.8 Å². The van der Waals surface area contributed by atoms with Gasteiger partial charge >= 0.3 is 0 Å². The van der Waals surface area contributed by atoms with Crippen LogP contribution in [0.25, 0.3) is 11.0 Å². The SMILES string of the molecule is CC(C)OCCCN1C(=O)c2oc3ccc(Cl)cc3c(=O)c2C12C(=O)N(Cc1ccccc1Cl)c1ccccc12. The number of ether oxygens (including phenoxy) is 1. The van der Waals surface area contributed by atoms with Crippen molar-refractivity contribution in [3.05, 3.63) is 109 Å². The number of amides is 2. The molecule has 1 spiro atoms. The first kappa shape index (κ1) is 26.6. The molecule has 0 saturated heterocycles. The Labute approximate surface area is 240 Å². The van der Waals surface area contributed by atoms with E-state index in [0.29, 0.717) is 34.3 Å². The average molecular weight is 577 g/mol. The highest BCUT2D eigenvalue weighted by molar-refractivity contribution is 6.31. The van der Waals surface area contributed by atoms with Gasteiger partial charge in [0, 0.05) is 28.8 Å². The van der Waals surface area contributed by atoms with Crippen LogP contribution in [0.4, 0.5) is 5.69 Å². The van der Waals surface area contributed by atoms with Gasteiger partial charge in [0.1, 0.15) is 5.58 Å². The Morgan fingerprint density at radius 1 is 0.975 bits per heavy atom. The first-order valence-corrected chi connectivity index (χ1v) is 13.9. The maximum atomic E-state index is 14.8. The van der Waals surface area contributed by atoms with Gasteiger partial charge in [0.05, 0.1) is 29.3 Å². The van der Waals surface area contributed by atoms with Crippen molar-refractivity contribution >= 4 is 51.7 Å². The van der Waals surface area contributed by atoms with Crippen molar-refractivity contribution in [3.8, 4) is 0 Å². The fourth-order valence-corrected chi connectivity index (χ4v) is 6.13. The first-order chi connectivity index (χ1) is 19.2. The van der Waals surface area contributed by atoms with Crippen LogP contribution < -0.4 is 10.3 Å². The summed E-state index contributed by atoms with van der Waals surface area (Å²) in [7, 11) is 0. The van der Waals surface area contributed by atoms with Crippen molar-refractivity contribution in [2.24, 2.45) is 0 Å². The lowest BCUT2D eigenvalue weighted by molar-refractivity contribution is -0.126. The minimum Gasteiger partial charge on any atom is -0.450 e. The van der Waals surface area contributed by atoms with Gasteiger partial charge in [-0.1, -0.05) is 59.6 Å². The van der Waals surface area contributed by atoms with E-state index in [1.807, 2.05) is 44.2 Å². The topological polar surface area (TPSA) is 80.1 Å². The number of hydrogen-bond donors (Lipinski definition) is 0. The van der Waals surface area contributed by atoms with Crippen molar-refractivity contribution in [2.75, 3.05) is 18.1 Å². The fourth-order valence-electron chi connectivity index (χ4n) is 5.76. The summed E-state index contributed by atoms with van der Waals surface area (Å²) in [4.78, 5) is 46.1. The van der Waals surface area contributed by atoms with E-state index in [0.717, 1.165) is 5.56 Å². The first-order valence-electron chi connectivity index (χ1n) is 13.1. The molecule has 2 aliphatic heterocycles. The second kappa shape index (κ2) is 10.1. The predicted molar refractivity (Wildman–Crippen MR) is 154 cm³/mol. The van der Waals surface area contributed by atoms with Crippen LogP contribution >= 0.6 is 23.2 Å². The molecule has 7 nitrogen and oxygen atoms in total. The van der Waals surface area contributed by atoms with Gasteiger partial charge in [-0.25, -0.2) is 0 Å². The summed E-state index contributed by atoms with van der Waals surface area (Å²) in [5, 5.41) is 1.07. The van der Waals surface area contributed by atoms with Crippen molar-refractivity contribution in [1.29, 1.82) is 0 Å². The lowest BCUT2D eigenvalue weighted by atomic mass is 9.84. The summed E-state index contributed by atoms with van der Waals surface area (Å²) < 4.78 is 11.8. The van der Waals surface area contributed by atoms with Crippen LogP contribution in [0.3, 0.4) is 0 Å². The molecule has 1 atom stereocenters. The van der Waals surface area contributed by atoms with E-state index in [4.69, 9.17) is 32.4 Å². The third-order valence-electron chi connectivity index (χ3n) is 7.46. The minimum absolute atomic E-state index is 0.0103. The third-order valence-corrected chi connectivity index (χ3v) is 8.07.